The van der Waals surface area contributed by atoms with E-state index in [9.17, 15) is 19.2 Å². The number of carbonyl (C=O) groups excluding carboxylic acids is 4. The molecule has 2 rings (SSSR count). The Morgan fingerprint density at radius 2 is 1.88 bits per heavy atom. The van der Waals surface area contributed by atoms with Crippen LogP contribution in [0.15, 0.2) is 30.3 Å². The zero-order valence-electron chi connectivity index (χ0n) is 19.5. The van der Waals surface area contributed by atoms with E-state index in [1.54, 1.807) is 18.9 Å². The number of hydrogen-bond donors (Lipinski definition) is 1. The van der Waals surface area contributed by atoms with Crippen molar-refractivity contribution in [2.45, 2.75) is 46.1 Å². The molecule has 0 radical (unpaired) electrons. The van der Waals surface area contributed by atoms with Gasteiger partial charge in [0, 0.05) is 20.1 Å². The van der Waals surface area contributed by atoms with Gasteiger partial charge in [-0.25, -0.2) is 0 Å². The van der Waals surface area contributed by atoms with Crippen molar-refractivity contribution in [3.8, 4) is 0 Å². The Labute approximate surface area is 190 Å². The van der Waals surface area contributed by atoms with Crippen molar-refractivity contribution in [2.24, 2.45) is 11.8 Å². The number of nitrogens with zero attached hydrogens (tertiary/aromatic N) is 2. The molecule has 2 unspecified atom stereocenters. The van der Waals surface area contributed by atoms with Gasteiger partial charge in [-0.2, -0.15) is 0 Å². The summed E-state index contributed by atoms with van der Waals surface area (Å²) >= 11 is 0. The second-order valence-electron chi connectivity index (χ2n) is 8.58. The van der Waals surface area contributed by atoms with Gasteiger partial charge in [0.1, 0.15) is 6.04 Å². The largest absolute Gasteiger partial charge is 0.466 e. The van der Waals surface area contributed by atoms with Crippen molar-refractivity contribution < 1.29 is 23.9 Å². The van der Waals surface area contributed by atoms with E-state index in [0.29, 0.717) is 26.1 Å². The lowest BCUT2D eigenvalue weighted by molar-refractivity contribution is -0.152. The number of likely N-dealkylation sites (tertiary alicyclic amines) is 1. The maximum atomic E-state index is 13.0. The molecule has 32 heavy (non-hydrogen) atoms. The molecule has 1 saturated heterocycles. The first-order valence-electron chi connectivity index (χ1n) is 11.3. The second kappa shape index (κ2) is 12.2. The Hall–Kier alpha value is -2.90. The first kappa shape index (κ1) is 25.4. The molecule has 1 aromatic carbocycles. The SMILES string of the molecule is CCOC(=O)C1CCCN(C(=O)CN(C)C(=O)C(NC(=O)Cc2ccccc2)C(C)C)C1. The first-order chi connectivity index (χ1) is 15.2. The highest BCUT2D eigenvalue weighted by molar-refractivity contribution is 5.91. The summed E-state index contributed by atoms with van der Waals surface area (Å²) in [6, 6.07) is 8.60. The van der Waals surface area contributed by atoms with E-state index >= 15 is 0 Å². The fraction of sp³-hybridized carbons (Fsp3) is 0.583. The molecule has 8 heteroatoms. The van der Waals surface area contributed by atoms with Crippen LogP contribution in [0.25, 0.3) is 0 Å². The number of esters is 1. The van der Waals surface area contributed by atoms with Crippen molar-refractivity contribution in [1.29, 1.82) is 0 Å². The Morgan fingerprint density at radius 3 is 2.50 bits per heavy atom. The van der Waals surface area contributed by atoms with E-state index < -0.39 is 6.04 Å². The van der Waals surface area contributed by atoms with E-state index in [1.165, 1.54) is 4.90 Å². The van der Waals surface area contributed by atoms with Crippen LogP contribution in [-0.2, 0) is 30.3 Å². The quantitative estimate of drug-likeness (QED) is 0.583. The van der Waals surface area contributed by atoms with Crippen LogP contribution in [0.1, 0.15) is 39.2 Å². The van der Waals surface area contributed by atoms with E-state index in [-0.39, 0.29) is 48.5 Å². The van der Waals surface area contributed by atoms with Crippen LogP contribution in [0.2, 0.25) is 0 Å². The highest BCUT2D eigenvalue weighted by Crippen LogP contribution is 2.18. The van der Waals surface area contributed by atoms with Crippen LogP contribution in [0.4, 0.5) is 0 Å². The molecular formula is C24H35N3O5. The number of carbonyl (C=O) groups is 4. The van der Waals surface area contributed by atoms with Crippen LogP contribution in [0, 0.1) is 11.8 Å². The number of rotatable bonds is 9. The van der Waals surface area contributed by atoms with Gasteiger partial charge in [0.15, 0.2) is 0 Å². The van der Waals surface area contributed by atoms with Gasteiger partial charge in [0.25, 0.3) is 0 Å². The Bertz CT molecular complexity index is 796. The summed E-state index contributed by atoms with van der Waals surface area (Å²) in [4.78, 5) is 53.3. The molecule has 1 heterocycles. The Kier molecular flexibility index (Phi) is 9.68. The van der Waals surface area contributed by atoms with Gasteiger partial charge in [-0.15, -0.1) is 0 Å². The third kappa shape index (κ3) is 7.35. The number of nitrogens with one attached hydrogen (secondary N) is 1. The Morgan fingerprint density at radius 1 is 1.19 bits per heavy atom. The number of likely N-dealkylation sites (N-methyl/N-ethyl adjacent to an activating group) is 1. The van der Waals surface area contributed by atoms with Gasteiger partial charge in [0.2, 0.25) is 17.7 Å². The number of ether oxygens (including phenoxy) is 1. The lowest BCUT2D eigenvalue weighted by atomic mass is 9.98. The Balaban J connectivity index is 1.93. The molecule has 176 valence electrons. The van der Waals surface area contributed by atoms with E-state index in [1.807, 2.05) is 44.2 Å². The average Bonchev–Trinajstić information content (AvgIpc) is 2.77. The number of amides is 3. The standard InChI is InChI=1S/C24H35N3O5/c1-5-32-24(31)19-12-9-13-27(15-19)21(29)16-26(4)23(30)22(17(2)3)25-20(28)14-18-10-7-6-8-11-18/h6-8,10-11,17,19,22H,5,9,12-16H2,1-4H3,(H,25,28). The van der Waals surface area contributed by atoms with Crippen LogP contribution < -0.4 is 5.32 Å². The maximum Gasteiger partial charge on any atom is 0.310 e. The molecule has 0 spiro atoms. The molecule has 0 aromatic heterocycles. The zero-order valence-corrected chi connectivity index (χ0v) is 19.5. The normalized spacial score (nSPS) is 16.9. The minimum atomic E-state index is -0.724. The van der Waals surface area contributed by atoms with Crippen molar-refractivity contribution in [3.63, 3.8) is 0 Å². The summed E-state index contributed by atoms with van der Waals surface area (Å²) in [5.41, 5.74) is 0.865. The predicted octanol–water partition coefficient (Wildman–Crippen LogP) is 1.63. The monoisotopic (exact) mass is 445 g/mol. The van der Waals surface area contributed by atoms with Gasteiger partial charge >= 0.3 is 5.97 Å². The molecule has 1 N–H and O–H groups in total. The molecular weight excluding hydrogens is 410 g/mol. The molecule has 1 aromatic rings. The summed E-state index contributed by atoms with van der Waals surface area (Å²) < 4.78 is 5.08. The molecule has 1 fully saturated rings. The third-order valence-electron chi connectivity index (χ3n) is 5.60. The van der Waals surface area contributed by atoms with Gasteiger partial charge < -0.3 is 19.9 Å². The summed E-state index contributed by atoms with van der Waals surface area (Å²) in [5, 5.41) is 2.82. The minimum absolute atomic E-state index is 0.105. The molecule has 8 nitrogen and oxygen atoms in total. The summed E-state index contributed by atoms with van der Waals surface area (Å²) in [7, 11) is 1.56. The topological polar surface area (TPSA) is 96.0 Å². The number of benzene rings is 1. The van der Waals surface area contributed by atoms with Crippen molar-refractivity contribution in [1.82, 2.24) is 15.1 Å². The molecule has 1 aliphatic heterocycles. The molecule has 0 bridgehead atoms. The number of piperidine rings is 1. The fourth-order valence-corrected chi connectivity index (χ4v) is 3.79. The smallest absolute Gasteiger partial charge is 0.310 e. The van der Waals surface area contributed by atoms with Gasteiger partial charge in [0.05, 0.1) is 25.5 Å². The molecule has 0 saturated carbocycles. The fourth-order valence-electron chi connectivity index (χ4n) is 3.79. The lowest BCUT2D eigenvalue weighted by Gasteiger charge is -2.33. The third-order valence-corrected chi connectivity index (χ3v) is 5.60. The van der Waals surface area contributed by atoms with Gasteiger partial charge in [-0.05, 0) is 31.2 Å². The highest BCUT2D eigenvalue weighted by Gasteiger charge is 2.32. The molecule has 2 atom stereocenters. The average molecular weight is 446 g/mol. The summed E-state index contributed by atoms with van der Waals surface area (Å²) in [6.07, 6.45) is 1.60. The maximum absolute atomic E-state index is 13.0. The van der Waals surface area contributed by atoms with Gasteiger partial charge in [-0.1, -0.05) is 44.2 Å². The van der Waals surface area contributed by atoms with Crippen LogP contribution in [0.3, 0.4) is 0 Å². The first-order valence-corrected chi connectivity index (χ1v) is 11.3. The van der Waals surface area contributed by atoms with Crippen LogP contribution in [-0.4, -0.2) is 72.8 Å². The summed E-state index contributed by atoms with van der Waals surface area (Å²) in [5.74, 6) is -1.51. The predicted molar refractivity (Wildman–Crippen MR) is 120 cm³/mol. The summed E-state index contributed by atoms with van der Waals surface area (Å²) in [6.45, 7) is 6.54. The molecule has 3 amide bonds. The molecule has 1 aliphatic rings. The van der Waals surface area contributed by atoms with Crippen LogP contribution >= 0.6 is 0 Å². The van der Waals surface area contributed by atoms with E-state index in [0.717, 1.165) is 12.0 Å². The van der Waals surface area contributed by atoms with Crippen molar-refractivity contribution in [2.75, 3.05) is 33.3 Å². The van der Waals surface area contributed by atoms with E-state index in [2.05, 4.69) is 5.32 Å². The number of hydrogen-bond acceptors (Lipinski definition) is 5. The van der Waals surface area contributed by atoms with Crippen LogP contribution in [0.5, 0.6) is 0 Å². The van der Waals surface area contributed by atoms with Crippen molar-refractivity contribution in [3.05, 3.63) is 35.9 Å². The van der Waals surface area contributed by atoms with E-state index in [4.69, 9.17) is 4.74 Å². The zero-order chi connectivity index (χ0) is 23.7. The highest BCUT2D eigenvalue weighted by atomic mass is 16.5. The molecule has 0 aliphatic carbocycles. The second-order valence-corrected chi connectivity index (χ2v) is 8.58. The van der Waals surface area contributed by atoms with Gasteiger partial charge in [-0.3, -0.25) is 19.2 Å². The lowest BCUT2D eigenvalue weighted by Crippen LogP contribution is -2.53. The minimum Gasteiger partial charge on any atom is -0.466 e. The van der Waals surface area contributed by atoms with Crippen molar-refractivity contribution >= 4 is 23.7 Å².